The van der Waals surface area contributed by atoms with Gasteiger partial charge in [0.2, 0.25) is 5.95 Å². The summed E-state index contributed by atoms with van der Waals surface area (Å²) in [6, 6.07) is 17.4. The van der Waals surface area contributed by atoms with Crippen LogP contribution in [0.3, 0.4) is 0 Å². The van der Waals surface area contributed by atoms with Crippen LogP contribution in [-0.4, -0.2) is 29.2 Å². The van der Waals surface area contributed by atoms with Crippen molar-refractivity contribution in [1.82, 2.24) is 15.0 Å². The van der Waals surface area contributed by atoms with Crippen LogP contribution >= 0.6 is 22.6 Å². The number of methoxy groups -OCH3 is 2. The van der Waals surface area contributed by atoms with E-state index in [0.29, 0.717) is 28.4 Å². The number of hydrogen-bond donors (Lipinski definition) is 2. The molecule has 0 aliphatic heterocycles. The lowest BCUT2D eigenvalue weighted by Crippen LogP contribution is -2.03. The summed E-state index contributed by atoms with van der Waals surface area (Å²) in [4.78, 5) is 13.5. The first-order chi connectivity index (χ1) is 14.1. The van der Waals surface area contributed by atoms with Crippen LogP contribution in [0.5, 0.6) is 11.5 Å². The molecule has 2 aromatic heterocycles. The van der Waals surface area contributed by atoms with Crippen molar-refractivity contribution in [2.24, 2.45) is 0 Å². The van der Waals surface area contributed by atoms with Gasteiger partial charge in [-0.15, -0.1) is 0 Å². The molecule has 146 valence electrons. The average Bonchev–Trinajstić information content (AvgIpc) is 2.73. The Morgan fingerprint density at radius 2 is 1.72 bits per heavy atom. The Kier molecular flexibility index (Phi) is 5.34. The first-order valence-corrected chi connectivity index (χ1v) is 9.84. The number of rotatable bonds is 5. The van der Waals surface area contributed by atoms with E-state index in [1.807, 2.05) is 54.6 Å². The largest absolute Gasteiger partial charge is 0.493 e. The van der Waals surface area contributed by atoms with E-state index in [-0.39, 0.29) is 5.95 Å². The maximum Gasteiger partial charge on any atom is 0.222 e. The molecule has 4 aromatic rings. The summed E-state index contributed by atoms with van der Waals surface area (Å²) in [6.07, 6.45) is 0. The Morgan fingerprint density at radius 3 is 2.48 bits per heavy atom. The minimum atomic E-state index is 0.186. The van der Waals surface area contributed by atoms with Crippen molar-refractivity contribution in [2.75, 3.05) is 25.3 Å². The van der Waals surface area contributed by atoms with Gasteiger partial charge in [0.15, 0.2) is 17.3 Å². The number of nitrogens with one attached hydrogen (secondary N) is 1. The molecule has 0 radical (unpaired) electrons. The average molecular weight is 499 g/mol. The summed E-state index contributed by atoms with van der Waals surface area (Å²) in [7, 11) is 3.21. The van der Waals surface area contributed by atoms with E-state index in [2.05, 4.69) is 37.9 Å². The predicted molar refractivity (Wildman–Crippen MR) is 123 cm³/mol. The Labute approximate surface area is 181 Å². The molecule has 29 heavy (non-hydrogen) atoms. The van der Waals surface area contributed by atoms with E-state index < -0.39 is 0 Å². The standard InChI is InChI=1S/C21H18IN5O2/c1-28-17-9-6-12(10-18(17)29-2)15-7-8-16-19(25-15)20(27-21(23)26-16)24-14-5-3-4-13(22)11-14/h3-11H,1-2H3,(H3,23,24,26,27). The highest BCUT2D eigenvalue weighted by Crippen LogP contribution is 2.33. The van der Waals surface area contributed by atoms with Crippen molar-refractivity contribution in [1.29, 1.82) is 0 Å². The van der Waals surface area contributed by atoms with Crippen LogP contribution < -0.4 is 20.5 Å². The Balaban J connectivity index is 1.81. The van der Waals surface area contributed by atoms with Crippen molar-refractivity contribution in [2.45, 2.75) is 0 Å². The zero-order valence-electron chi connectivity index (χ0n) is 15.8. The summed E-state index contributed by atoms with van der Waals surface area (Å²) in [5, 5.41) is 3.30. The SMILES string of the molecule is COc1ccc(-c2ccc3nc(N)nc(Nc4cccc(I)c4)c3n2)cc1OC. The molecule has 0 amide bonds. The Hall–Kier alpha value is -3.14. The summed E-state index contributed by atoms with van der Waals surface area (Å²) in [5.41, 5.74) is 9.75. The summed E-state index contributed by atoms with van der Waals surface area (Å²) in [6.45, 7) is 0. The number of nitrogens with two attached hydrogens (primary N) is 1. The first kappa shape index (κ1) is 19.2. The molecule has 0 unspecified atom stereocenters. The highest BCUT2D eigenvalue weighted by Gasteiger charge is 2.12. The molecule has 0 saturated heterocycles. The van der Waals surface area contributed by atoms with Gasteiger partial charge in [0.25, 0.3) is 0 Å². The van der Waals surface area contributed by atoms with Crippen molar-refractivity contribution >= 4 is 51.1 Å². The van der Waals surface area contributed by atoms with E-state index in [0.717, 1.165) is 20.5 Å². The molecule has 0 fully saturated rings. The van der Waals surface area contributed by atoms with E-state index >= 15 is 0 Å². The minimum Gasteiger partial charge on any atom is -0.493 e. The molecule has 2 heterocycles. The Bertz CT molecular complexity index is 1200. The monoisotopic (exact) mass is 499 g/mol. The minimum absolute atomic E-state index is 0.186. The fraction of sp³-hybridized carbons (Fsp3) is 0.0952. The molecular formula is C21H18IN5O2. The number of ether oxygens (including phenoxy) is 2. The molecule has 4 rings (SSSR count). The van der Waals surface area contributed by atoms with Gasteiger partial charge in [-0.1, -0.05) is 6.07 Å². The zero-order chi connectivity index (χ0) is 20.4. The normalized spacial score (nSPS) is 10.7. The lowest BCUT2D eigenvalue weighted by atomic mass is 10.1. The summed E-state index contributed by atoms with van der Waals surface area (Å²) < 4.78 is 11.8. The van der Waals surface area contributed by atoms with Crippen LogP contribution in [0.2, 0.25) is 0 Å². The summed E-state index contributed by atoms with van der Waals surface area (Å²) in [5.74, 6) is 2.04. The number of aromatic nitrogens is 3. The van der Waals surface area contributed by atoms with Gasteiger partial charge in [0.05, 0.1) is 25.4 Å². The molecule has 2 aromatic carbocycles. The molecule has 0 aliphatic rings. The number of fused-ring (bicyclic) bond motifs is 1. The lowest BCUT2D eigenvalue weighted by Gasteiger charge is -2.12. The number of nitrogens with zero attached hydrogens (tertiary/aromatic N) is 3. The van der Waals surface area contributed by atoms with Gasteiger partial charge in [0, 0.05) is 14.8 Å². The van der Waals surface area contributed by atoms with Crippen LogP contribution in [0.15, 0.2) is 54.6 Å². The highest BCUT2D eigenvalue weighted by atomic mass is 127. The van der Waals surface area contributed by atoms with Crippen LogP contribution in [0.25, 0.3) is 22.3 Å². The quantitative estimate of drug-likeness (QED) is 0.387. The molecule has 0 atom stereocenters. The molecule has 0 spiro atoms. The smallest absolute Gasteiger partial charge is 0.222 e. The molecular weight excluding hydrogens is 481 g/mol. The van der Waals surface area contributed by atoms with Gasteiger partial charge in [-0.3, -0.25) is 0 Å². The van der Waals surface area contributed by atoms with E-state index in [4.69, 9.17) is 20.2 Å². The van der Waals surface area contributed by atoms with Crippen molar-refractivity contribution in [3.05, 3.63) is 58.2 Å². The molecule has 0 aliphatic carbocycles. The van der Waals surface area contributed by atoms with Gasteiger partial charge in [-0.2, -0.15) is 4.98 Å². The second-order valence-corrected chi connectivity index (χ2v) is 7.45. The van der Waals surface area contributed by atoms with E-state index in [1.165, 1.54) is 0 Å². The number of pyridine rings is 1. The molecule has 8 heteroatoms. The van der Waals surface area contributed by atoms with Gasteiger partial charge in [0.1, 0.15) is 5.52 Å². The second-order valence-electron chi connectivity index (χ2n) is 6.20. The fourth-order valence-electron chi connectivity index (χ4n) is 2.98. The number of anilines is 3. The van der Waals surface area contributed by atoms with Crippen molar-refractivity contribution in [3.63, 3.8) is 0 Å². The highest BCUT2D eigenvalue weighted by molar-refractivity contribution is 14.1. The topological polar surface area (TPSA) is 95.2 Å². The second kappa shape index (κ2) is 8.08. The third kappa shape index (κ3) is 4.02. The number of benzene rings is 2. The maximum absolute atomic E-state index is 5.91. The van der Waals surface area contributed by atoms with Crippen molar-refractivity contribution < 1.29 is 9.47 Å². The first-order valence-electron chi connectivity index (χ1n) is 8.76. The number of nitrogen functional groups attached to an aromatic ring is 1. The number of halogens is 1. The third-order valence-electron chi connectivity index (χ3n) is 4.33. The zero-order valence-corrected chi connectivity index (χ0v) is 18.0. The lowest BCUT2D eigenvalue weighted by molar-refractivity contribution is 0.355. The fourth-order valence-corrected chi connectivity index (χ4v) is 3.52. The van der Waals surface area contributed by atoms with Gasteiger partial charge < -0.3 is 20.5 Å². The van der Waals surface area contributed by atoms with Gasteiger partial charge in [-0.25, -0.2) is 9.97 Å². The van der Waals surface area contributed by atoms with Crippen LogP contribution in [-0.2, 0) is 0 Å². The molecule has 7 nitrogen and oxygen atoms in total. The van der Waals surface area contributed by atoms with Crippen LogP contribution in [0.4, 0.5) is 17.5 Å². The molecule has 0 bridgehead atoms. The number of hydrogen-bond acceptors (Lipinski definition) is 7. The Morgan fingerprint density at radius 1 is 0.897 bits per heavy atom. The predicted octanol–water partition coefficient (Wildman–Crippen LogP) is 4.64. The van der Waals surface area contributed by atoms with Crippen LogP contribution in [0, 0.1) is 3.57 Å². The molecule has 3 N–H and O–H groups in total. The van der Waals surface area contributed by atoms with E-state index in [1.54, 1.807) is 14.2 Å². The molecule has 0 saturated carbocycles. The third-order valence-corrected chi connectivity index (χ3v) is 5.00. The van der Waals surface area contributed by atoms with Crippen molar-refractivity contribution in [3.8, 4) is 22.8 Å². The maximum atomic E-state index is 5.91. The van der Waals surface area contributed by atoms with Gasteiger partial charge >= 0.3 is 0 Å². The van der Waals surface area contributed by atoms with E-state index in [9.17, 15) is 0 Å². The van der Waals surface area contributed by atoms with Gasteiger partial charge in [-0.05, 0) is 71.1 Å². The van der Waals surface area contributed by atoms with Crippen LogP contribution in [0.1, 0.15) is 0 Å². The summed E-state index contributed by atoms with van der Waals surface area (Å²) >= 11 is 2.26.